The average Bonchev–Trinajstić information content (AvgIpc) is 3.14. The fourth-order valence-electron chi connectivity index (χ4n) is 4.38. The Morgan fingerprint density at radius 1 is 0.704 bits per heavy atom. The first-order valence-corrected chi connectivity index (χ1v) is 9.65. The van der Waals surface area contributed by atoms with Crippen LogP contribution in [0, 0.1) is 17.3 Å². The molecule has 0 amide bonds. The summed E-state index contributed by atoms with van der Waals surface area (Å²) in [4.78, 5) is 9.80. The summed E-state index contributed by atoms with van der Waals surface area (Å²) in [6.45, 7) is 5.76. The normalized spacial score (nSPS) is 30.9. The van der Waals surface area contributed by atoms with Crippen molar-refractivity contribution in [2.45, 2.75) is 25.9 Å². The zero-order valence-corrected chi connectivity index (χ0v) is 15.7. The van der Waals surface area contributed by atoms with Gasteiger partial charge in [-0.2, -0.15) is 0 Å². The molecule has 0 radical (unpaired) electrons. The van der Waals surface area contributed by atoms with Gasteiger partial charge in [0.1, 0.15) is 25.3 Å². The predicted molar refractivity (Wildman–Crippen MR) is 106 cm³/mol. The number of ether oxygens (including phenoxy) is 2. The van der Waals surface area contributed by atoms with E-state index in [1.54, 1.807) is 0 Å². The molecule has 4 atom stereocenters. The molecule has 1 aliphatic carbocycles. The Labute approximate surface area is 160 Å². The lowest BCUT2D eigenvalue weighted by atomic mass is 10.1. The fraction of sp³-hybridized carbons (Fsp3) is 0.391. The highest BCUT2D eigenvalue weighted by atomic mass is 16.5. The second kappa shape index (κ2) is 6.22. The Bertz CT molecular complexity index is 816. The van der Waals surface area contributed by atoms with Crippen LogP contribution in [0.3, 0.4) is 0 Å². The van der Waals surface area contributed by atoms with Crippen molar-refractivity contribution in [3.63, 3.8) is 0 Å². The second-order valence-corrected chi connectivity index (χ2v) is 8.19. The lowest BCUT2D eigenvalue weighted by molar-refractivity contribution is 0.301. The van der Waals surface area contributed by atoms with Crippen molar-refractivity contribution in [3.05, 3.63) is 71.8 Å². The van der Waals surface area contributed by atoms with Gasteiger partial charge < -0.3 is 9.47 Å². The molecule has 0 aromatic heterocycles. The Hall–Kier alpha value is -2.62. The van der Waals surface area contributed by atoms with Crippen LogP contribution in [-0.2, 0) is 9.47 Å². The van der Waals surface area contributed by atoms with Crippen LogP contribution >= 0.6 is 0 Å². The van der Waals surface area contributed by atoms with Gasteiger partial charge in [-0.05, 0) is 16.5 Å². The third kappa shape index (κ3) is 2.84. The largest absolute Gasteiger partial charge is 0.478 e. The van der Waals surface area contributed by atoms with Gasteiger partial charge in [-0.25, -0.2) is 9.98 Å². The van der Waals surface area contributed by atoms with Crippen LogP contribution in [0.25, 0.3) is 0 Å². The van der Waals surface area contributed by atoms with Gasteiger partial charge in [0.2, 0.25) is 0 Å². The molecule has 0 bridgehead atoms. The van der Waals surface area contributed by atoms with Crippen LogP contribution in [0.4, 0.5) is 0 Å². The number of benzene rings is 2. The van der Waals surface area contributed by atoms with E-state index in [1.165, 1.54) is 11.1 Å². The first-order chi connectivity index (χ1) is 13.1. The monoisotopic (exact) mass is 360 g/mol. The maximum absolute atomic E-state index is 6.02. The first kappa shape index (κ1) is 16.5. The first-order valence-electron chi connectivity index (χ1n) is 9.65. The summed E-state index contributed by atoms with van der Waals surface area (Å²) in [5.74, 6) is 2.24. The summed E-state index contributed by atoms with van der Waals surface area (Å²) in [7, 11) is 0. The molecule has 27 heavy (non-hydrogen) atoms. The van der Waals surface area contributed by atoms with Crippen molar-refractivity contribution in [2.75, 3.05) is 13.2 Å². The topological polar surface area (TPSA) is 43.2 Å². The molecule has 0 saturated heterocycles. The van der Waals surface area contributed by atoms with Gasteiger partial charge in [-0.3, -0.25) is 0 Å². The Morgan fingerprint density at radius 2 is 1.11 bits per heavy atom. The molecule has 2 heterocycles. The van der Waals surface area contributed by atoms with E-state index >= 15 is 0 Å². The molecule has 3 aliphatic rings. The molecule has 2 aromatic rings. The number of nitrogens with zero attached hydrogens (tertiary/aromatic N) is 2. The summed E-state index contributed by atoms with van der Waals surface area (Å²) in [5, 5.41) is 0. The van der Waals surface area contributed by atoms with E-state index < -0.39 is 0 Å². The van der Waals surface area contributed by atoms with E-state index in [9.17, 15) is 0 Å². The standard InChI is InChI=1S/C23H24N2O2/c1-23(2)19(21-24-17(13-26-21)15-9-5-3-6-10-15)20(23)22-25-18(14-27-22)16-11-7-4-8-12-16/h3-12,17-20H,13-14H2,1-2H3/t17-,18-,19-,20+/m0/s1. The molecule has 5 rings (SSSR count). The van der Waals surface area contributed by atoms with E-state index in [4.69, 9.17) is 19.5 Å². The lowest BCUT2D eigenvalue weighted by Crippen LogP contribution is -2.09. The summed E-state index contributed by atoms with van der Waals surface area (Å²) >= 11 is 0. The van der Waals surface area contributed by atoms with Gasteiger partial charge in [0.05, 0.1) is 11.8 Å². The van der Waals surface area contributed by atoms with Crippen LogP contribution in [0.1, 0.15) is 37.1 Å². The summed E-state index contributed by atoms with van der Waals surface area (Å²) in [5.41, 5.74) is 2.48. The number of aliphatic imine (C=N–C) groups is 2. The van der Waals surface area contributed by atoms with Gasteiger partial charge in [0.25, 0.3) is 0 Å². The van der Waals surface area contributed by atoms with Crippen molar-refractivity contribution in [2.24, 2.45) is 27.2 Å². The van der Waals surface area contributed by atoms with Crippen LogP contribution in [-0.4, -0.2) is 25.0 Å². The zero-order valence-electron chi connectivity index (χ0n) is 15.7. The van der Waals surface area contributed by atoms with Crippen molar-refractivity contribution >= 4 is 11.8 Å². The summed E-state index contributed by atoms with van der Waals surface area (Å²) in [6.07, 6.45) is 0. The zero-order chi connectivity index (χ0) is 18.4. The maximum Gasteiger partial charge on any atom is 0.188 e. The third-order valence-electron chi connectivity index (χ3n) is 6.07. The summed E-state index contributed by atoms with van der Waals surface area (Å²) in [6, 6.07) is 20.9. The van der Waals surface area contributed by atoms with Gasteiger partial charge in [0, 0.05) is 0 Å². The van der Waals surface area contributed by atoms with Crippen molar-refractivity contribution in [1.82, 2.24) is 0 Å². The highest BCUT2D eigenvalue weighted by Crippen LogP contribution is 2.61. The number of hydrogen-bond donors (Lipinski definition) is 0. The smallest absolute Gasteiger partial charge is 0.188 e. The molecule has 138 valence electrons. The van der Waals surface area contributed by atoms with E-state index in [2.05, 4.69) is 62.4 Å². The molecule has 4 heteroatoms. The molecule has 4 nitrogen and oxygen atoms in total. The minimum Gasteiger partial charge on any atom is -0.478 e. The van der Waals surface area contributed by atoms with Crippen LogP contribution in [0.5, 0.6) is 0 Å². The van der Waals surface area contributed by atoms with Crippen LogP contribution in [0.2, 0.25) is 0 Å². The number of hydrogen-bond acceptors (Lipinski definition) is 4. The van der Waals surface area contributed by atoms with Crippen molar-refractivity contribution < 1.29 is 9.47 Å². The fourth-order valence-corrected chi connectivity index (χ4v) is 4.38. The predicted octanol–water partition coefficient (Wildman–Crippen LogP) is 4.60. The summed E-state index contributed by atoms with van der Waals surface area (Å²) < 4.78 is 12.0. The average molecular weight is 360 g/mol. The quantitative estimate of drug-likeness (QED) is 0.800. The molecule has 0 spiro atoms. The Balaban J connectivity index is 1.35. The van der Waals surface area contributed by atoms with E-state index in [0.717, 1.165) is 11.8 Å². The van der Waals surface area contributed by atoms with Crippen molar-refractivity contribution in [3.8, 4) is 0 Å². The second-order valence-electron chi connectivity index (χ2n) is 8.19. The minimum absolute atomic E-state index is 0.0643. The van der Waals surface area contributed by atoms with E-state index in [-0.39, 0.29) is 29.3 Å². The SMILES string of the molecule is CC1(C)[C@H](C2=N[C@H](c3ccccc3)CO2)[C@@H]1C1=N[C@H](c2ccccc2)CO1. The molecule has 2 aromatic carbocycles. The van der Waals surface area contributed by atoms with Crippen molar-refractivity contribution in [1.29, 1.82) is 0 Å². The van der Waals surface area contributed by atoms with Gasteiger partial charge >= 0.3 is 0 Å². The molecular weight excluding hydrogens is 336 g/mol. The Kier molecular flexibility index (Phi) is 3.81. The molecule has 0 N–H and O–H groups in total. The molecular formula is C23H24N2O2. The van der Waals surface area contributed by atoms with Crippen LogP contribution in [0.15, 0.2) is 70.6 Å². The highest BCUT2D eigenvalue weighted by Gasteiger charge is 2.66. The molecule has 1 saturated carbocycles. The van der Waals surface area contributed by atoms with Crippen LogP contribution < -0.4 is 0 Å². The molecule has 2 aliphatic heterocycles. The maximum atomic E-state index is 6.02. The molecule has 1 fully saturated rings. The highest BCUT2D eigenvalue weighted by molar-refractivity contribution is 5.95. The third-order valence-corrected chi connectivity index (χ3v) is 6.07. The van der Waals surface area contributed by atoms with Gasteiger partial charge in [-0.15, -0.1) is 0 Å². The number of rotatable bonds is 4. The Morgan fingerprint density at radius 3 is 1.52 bits per heavy atom. The lowest BCUT2D eigenvalue weighted by Gasteiger charge is -2.03. The van der Waals surface area contributed by atoms with E-state index in [0.29, 0.717) is 13.2 Å². The van der Waals surface area contributed by atoms with E-state index in [1.807, 2.05) is 12.1 Å². The molecule has 0 unspecified atom stereocenters. The van der Waals surface area contributed by atoms with Gasteiger partial charge in [-0.1, -0.05) is 74.5 Å². The minimum atomic E-state index is 0.0643. The van der Waals surface area contributed by atoms with Gasteiger partial charge in [0.15, 0.2) is 11.8 Å².